The van der Waals surface area contributed by atoms with Crippen LogP contribution in [0, 0.1) is 11.6 Å². The zero-order chi connectivity index (χ0) is 19.8. The highest BCUT2D eigenvalue weighted by atomic mass is 35.5. The van der Waals surface area contributed by atoms with Gasteiger partial charge in [-0.3, -0.25) is 4.72 Å². The monoisotopic (exact) mass is 417 g/mol. The van der Waals surface area contributed by atoms with Gasteiger partial charge in [-0.25, -0.2) is 22.2 Å². The summed E-state index contributed by atoms with van der Waals surface area (Å²) in [5.41, 5.74) is -0.573. The van der Waals surface area contributed by atoms with E-state index in [9.17, 15) is 22.3 Å². The molecular weight excluding hydrogens is 400 g/mol. The second kappa shape index (κ2) is 7.57. The van der Waals surface area contributed by atoms with Crippen LogP contribution in [0.1, 0.15) is 36.5 Å². The number of hydrogen-bond donors (Lipinski definition) is 3. The van der Waals surface area contributed by atoms with Crippen LogP contribution in [0.2, 0.25) is 5.02 Å². The lowest BCUT2D eigenvalue weighted by molar-refractivity contribution is 0.143. The molecule has 3 rings (SSSR count). The molecule has 1 aliphatic heterocycles. The van der Waals surface area contributed by atoms with Gasteiger partial charge in [-0.2, -0.15) is 0 Å². The number of aromatic nitrogens is 1. The number of anilines is 2. The molecule has 1 aromatic carbocycles. The van der Waals surface area contributed by atoms with Crippen LogP contribution in [0.4, 0.5) is 20.3 Å². The first-order valence-corrected chi connectivity index (χ1v) is 10.3. The van der Waals surface area contributed by atoms with Crippen LogP contribution in [0.25, 0.3) is 0 Å². The van der Waals surface area contributed by atoms with Gasteiger partial charge in [0, 0.05) is 29.2 Å². The number of nitrogens with zero attached hydrogens (tertiary/aromatic N) is 1. The van der Waals surface area contributed by atoms with Crippen LogP contribution in [0.5, 0.6) is 0 Å². The van der Waals surface area contributed by atoms with Crippen molar-refractivity contribution in [2.75, 3.05) is 22.3 Å². The number of hydrogen-bond acceptors (Lipinski definition) is 5. The van der Waals surface area contributed by atoms with Gasteiger partial charge in [0.25, 0.3) is 0 Å². The van der Waals surface area contributed by atoms with Crippen molar-refractivity contribution in [1.29, 1.82) is 0 Å². The summed E-state index contributed by atoms with van der Waals surface area (Å²) in [6, 6.07) is 3.43. The third kappa shape index (κ3) is 3.85. The first-order valence-electron chi connectivity index (χ1n) is 8.30. The van der Waals surface area contributed by atoms with Gasteiger partial charge in [-0.1, -0.05) is 18.5 Å². The third-order valence-electron chi connectivity index (χ3n) is 4.34. The molecule has 2 atom stereocenters. The lowest BCUT2D eigenvalue weighted by Crippen LogP contribution is -2.20. The topological polar surface area (TPSA) is 91.3 Å². The molecule has 146 valence electrons. The summed E-state index contributed by atoms with van der Waals surface area (Å²) < 4.78 is 55.2. The van der Waals surface area contributed by atoms with Crippen molar-refractivity contribution >= 4 is 33.1 Å². The number of benzene rings is 1. The average Bonchev–Trinajstić information content (AvgIpc) is 3.03. The first kappa shape index (κ1) is 19.8. The maximum atomic E-state index is 14.9. The normalized spacial score (nSPS) is 17.3. The van der Waals surface area contributed by atoms with Gasteiger partial charge >= 0.3 is 0 Å². The van der Waals surface area contributed by atoms with Gasteiger partial charge in [0.05, 0.1) is 23.1 Å². The summed E-state index contributed by atoms with van der Waals surface area (Å²) in [7, 11) is -3.77. The molecule has 0 radical (unpaired) electrons. The summed E-state index contributed by atoms with van der Waals surface area (Å²) in [6.45, 7) is 1.84. The predicted octanol–water partition coefficient (Wildman–Crippen LogP) is 3.41. The molecule has 0 amide bonds. The molecule has 3 N–H and O–H groups in total. The van der Waals surface area contributed by atoms with Crippen LogP contribution >= 0.6 is 11.6 Å². The summed E-state index contributed by atoms with van der Waals surface area (Å²) in [5, 5.41) is 13.9. The standard InChI is InChI=1S/C17H18ClF2N3O3S/c1-2-7-27(25,26)23-12-4-3-11(19)14(15(12)20)16(24)9-8-22-17-13(9)10(18)5-6-21-17/h3-6,9,16,23-24H,2,7-8H2,1H3,(H,21,22). The quantitative estimate of drug-likeness (QED) is 0.670. The third-order valence-corrected chi connectivity index (χ3v) is 6.15. The number of aliphatic hydroxyl groups excluding tert-OH is 1. The number of rotatable bonds is 6. The van der Waals surface area contributed by atoms with E-state index in [-0.39, 0.29) is 12.3 Å². The van der Waals surface area contributed by atoms with Gasteiger partial charge in [-0.05, 0) is 24.6 Å². The van der Waals surface area contributed by atoms with E-state index in [4.69, 9.17) is 11.6 Å². The summed E-state index contributed by atoms with van der Waals surface area (Å²) in [6.07, 6.45) is 0.229. The summed E-state index contributed by atoms with van der Waals surface area (Å²) in [5.74, 6) is -2.65. The Bertz CT molecular complexity index is 972. The van der Waals surface area contributed by atoms with E-state index in [0.717, 1.165) is 12.1 Å². The Morgan fingerprint density at radius 1 is 1.41 bits per heavy atom. The minimum Gasteiger partial charge on any atom is -0.387 e. The van der Waals surface area contributed by atoms with Crippen molar-refractivity contribution < 1.29 is 22.3 Å². The van der Waals surface area contributed by atoms with Gasteiger partial charge in [0.1, 0.15) is 11.6 Å². The number of fused-ring (bicyclic) bond motifs is 1. The maximum Gasteiger partial charge on any atom is 0.232 e. The van der Waals surface area contributed by atoms with Crippen molar-refractivity contribution in [3.8, 4) is 0 Å². The second-order valence-corrected chi connectivity index (χ2v) is 8.48. The fourth-order valence-electron chi connectivity index (χ4n) is 3.13. The Morgan fingerprint density at radius 2 is 2.15 bits per heavy atom. The van der Waals surface area contributed by atoms with E-state index >= 15 is 0 Å². The van der Waals surface area contributed by atoms with E-state index in [1.54, 1.807) is 6.92 Å². The summed E-state index contributed by atoms with van der Waals surface area (Å²) in [4.78, 5) is 4.09. The molecule has 0 bridgehead atoms. The molecule has 10 heteroatoms. The number of nitrogens with one attached hydrogen (secondary N) is 2. The van der Waals surface area contributed by atoms with Gasteiger partial charge in [0.15, 0.2) is 5.82 Å². The summed E-state index contributed by atoms with van der Waals surface area (Å²) >= 11 is 6.16. The molecule has 1 aromatic heterocycles. The molecule has 27 heavy (non-hydrogen) atoms. The zero-order valence-corrected chi connectivity index (χ0v) is 15.9. The Morgan fingerprint density at radius 3 is 2.85 bits per heavy atom. The minimum absolute atomic E-state index is 0.178. The average molecular weight is 418 g/mol. The van der Waals surface area contributed by atoms with Crippen molar-refractivity contribution in [2.45, 2.75) is 25.4 Å². The molecular formula is C17H18ClF2N3O3S. The van der Waals surface area contributed by atoms with Gasteiger partial charge in [-0.15, -0.1) is 0 Å². The minimum atomic E-state index is -3.77. The maximum absolute atomic E-state index is 14.9. The van der Waals surface area contributed by atoms with E-state index < -0.39 is 44.9 Å². The van der Waals surface area contributed by atoms with E-state index in [0.29, 0.717) is 22.8 Å². The Kier molecular flexibility index (Phi) is 5.55. The van der Waals surface area contributed by atoms with Crippen LogP contribution in [-0.4, -0.2) is 30.8 Å². The van der Waals surface area contributed by atoms with Crippen molar-refractivity contribution in [3.63, 3.8) is 0 Å². The molecule has 2 heterocycles. The fourth-order valence-corrected chi connectivity index (χ4v) is 4.55. The number of pyridine rings is 1. The van der Waals surface area contributed by atoms with Crippen LogP contribution < -0.4 is 10.0 Å². The molecule has 0 aliphatic carbocycles. The Hall–Kier alpha value is -1.97. The second-order valence-electron chi connectivity index (χ2n) is 6.23. The number of aliphatic hydroxyl groups is 1. The number of sulfonamides is 1. The molecule has 2 unspecified atom stereocenters. The molecule has 0 spiro atoms. The highest BCUT2D eigenvalue weighted by Crippen LogP contribution is 2.44. The molecule has 0 fully saturated rings. The molecule has 0 saturated carbocycles. The van der Waals surface area contributed by atoms with Crippen LogP contribution in [0.15, 0.2) is 24.4 Å². The van der Waals surface area contributed by atoms with Gasteiger partial charge in [0.2, 0.25) is 10.0 Å². The Labute approximate surface area is 160 Å². The first-order chi connectivity index (χ1) is 12.7. The number of halogens is 3. The van der Waals surface area contributed by atoms with Crippen molar-refractivity contribution in [2.24, 2.45) is 0 Å². The van der Waals surface area contributed by atoms with E-state index in [1.165, 1.54) is 12.3 Å². The van der Waals surface area contributed by atoms with Gasteiger partial charge < -0.3 is 10.4 Å². The fraction of sp³-hybridized carbons (Fsp3) is 0.353. The predicted molar refractivity (Wildman–Crippen MR) is 99.5 cm³/mol. The molecule has 6 nitrogen and oxygen atoms in total. The van der Waals surface area contributed by atoms with Crippen molar-refractivity contribution in [3.05, 3.63) is 52.2 Å². The SMILES string of the molecule is CCCS(=O)(=O)Nc1ccc(F)c(C(O)C2CNc3nccc(Cl)c32)c1F. The lowest BCUT2D eigenvalue weighted by atomic mass is 9.90. The van der Waals surface area contributed by atoms with Crippen molar-refractivity contribution in [1.82, 2.24) is 4.98 Å². The molecule has 0 saturated heterocycles. The Balaban J connectivity index is 1.99. The lowest BCUT2D eigenvalue weighted by Gasteiger charge is -2.21. The van der Waals surface area contributed by atoms with E-state index in [2.05, 4.69) is 15.0 Å². The zero-order valence-electron chi connectivity index (χ0n) is 14.3. The van der Waals surface area contributed by atoms with E-state index in [1.807, 2.05) is 0 Å². The highest BCUT2D eigenvalue weighted by molar-refractivity contribution is 7.92. The molecule has 2 aromatic rings. The smallest absolute Gasteiger partial charge is 0.232 e. The largest absolute Gasteiger partial charge is 0.387 e. The highest BCUT2D eigenvalue weighted by Gasteiger charge is 2.36. The van der Waals surface area contributed by atoms with Crippen LogP contribution in [0.3, 0.4) is 0 Å². The van der Waals surface area contributed by atoms with Crippen LogP contribution in [-0.2, 0) is 10.0 Å². The molecule has 1 aliphatic rings.